The maximum atomic E-state index is 13.4. The highest BCUT2D eigenvalue weighted by molar-refractivity contribution is 5.80. The molecule has 2 aromatic rings. The first-order valence-corrected chi connectivity index (χ1v) is 10.8. The van der Waals surface area contributed by atoms with E-state index in [0.29, 0.717) is 16.0 Å². The summed E-state index contributed by atoms with van der Waals surface area (Å²) < 4.78 is 113. The Morgan fingerprint density at radius 1 is 1.03 bits per heavy atom. The summed E-state index contributed by atoms with van der Waals surface area (Å²) in [6.45, 7) is -8.22. The molecule has 1 aliphatic heterocycles. The monoisotopic (exact) mass is 479 g/mol. The second kappa shape index (κ2) is 10.6. The number of amides is 1. The average Bonchev–Trinajstić information content (AvgIpc) is 2.97. The van der Waals surface area contributed by atoms with Crippen LogP contribution in [0.2, 0.25) is 0 Å². The predicted molar refractivity (Wildman–Crippen MR) is 132 cm³/mol. The number of hydrogen-bond donors (Lipinski definition) is 0. The van der Waals surface area contributed by atoms with Gasteiger partial charge in [-0.2, -0.15) is 0 Å². The number of hydrogen-bond acceptors (Lipinski definition) is 6. The Balaban J connectivity index is 1.58. The van der Waals surface area contributed by atoms with Crippen molar-refractivity contribution in [3.63, 3.8) is 0 Å². The standard InChI is InChI=1S/C27H36N2O5/c1-28(17-21-11-20-14-25(33-4)26(34-5)16-22(20)21)8-6-9-29-10-7-18-12-23(31-2)24(32-3)13-19(18)15-27(29)30/h12-14,16,21H,6-11,15,17H2,1-5H3/i5D3,7D2,8D2,10D2,17D2. The van der Waals surface area contributed by atoms with Crippen molar-refractivity contribution in [2.24, 2.45) is 0 Å². The summed E-state index contributed by atoms with van der Waals surface area (Å²) in [7, 11) is 2.53. The van der Waals surface area contributed by atoms with Gasteiger partial charge in [-0.1, -0.05) is 0 Å². The van der Waals surface area contributed by atoms with E-state index < -0.39 is 57.7 Å². The Morgan fingerprint density at radius 3 is 2.35 bits per heavy atom. The molecule has 0 saturated carbocycles. The number of likely N-dealkylation sites (N-methyl/N-ethyl adjacent to an activating group) is 1. The molecule has 0 fully saturated rings. The van der Waals surface area contributed by atoms with Crippen LogP contribution >= 0.6 is 0 Å². The van der Waals surface area contributed by atoms with Gasteiger partial charge in [0.25, 0.3) is 0 Å². The Morgan fingerprint density at radius 2 is 1.68 bits per heavy atom. The fraction of sp³-hybridized carbons (Fsp3) is 0.519. The third-order valence-corrected chi connectivity index (χ3v) is 5.95. The van der Waals surface area contributed by atoms with Crippen molar-refractivity contribution in [3.05, 3.63) is 46.5 Å². The molecule has 1 amide bonds. The van der Waals surface area contributed by atoms with E-state index in [1.165, 1.54) is 46.6 Å². The molecule has 0 radical (unpaired) electrons. The zero-order valence-corrected chi connectivity index (χ0v) is 19.7. The van der Waals surface area contributed by atoms with E-state index >= 15 is 0 Å². The molecular weight excluding hydrogens is 432 g/mol. The molecule has 2 aliphatic rings. The lowest BCUT2D eigenvalue weighted by atomic mass is 9.77. The van der Waals surface area contributed by atoms with Crippen molar-refractivity contribution in [3.8, 4) is 23.0 Å². The van der Waals surface area contributed by atoms with E-state index in [0.717, 1.165) is 4.90 Å². The summed E-state index contributed by atoms with van der Waals surface area (Å²) in [5, 5.41) is 0. The first-order valence-electron chi connectivity index (χ1n) is 16.3. The van der Waals surface area contributed by atoms with Gasteiger partial charge in [-0.25, -0.2) is 0 Å². The van der Waals surface area contributed by atoms with Crippen LogP contribution < -0.4 is 18.9 Å². The molecule has 0 bridgehead atoms. The molecule has 184 valence electrons. The summed E-state index contributed by atoms with van der Waals surface area (Å²) >= 11 is 0. The number of aryl methyl sites for hydroxylation is 1. The van der Waals surface area contributed by atoms with Crippen LogP contribution in [0.1, 0.15) is 49.7 Å². The van der Waals surface area contributed by atoms with E-state index in [1.54, 1.807) is 6.07 Å². The smallest absolute Gasteiger partial charge is 0.227 e. The van der Waals surface area contributed by atoms with Gasteiger partial charge in [0, 0.05) is 36.4 Å². The molecule has 0 saturated heterocycles. The average molecular weight is 480 g/mol. The SMILES string of the molecule is [2H]C([2H])([2H])Oc1cc2c(cc1OC)CC2C([2H])([2H])N(C)C([2H])([2H])CCN1C(=O)Cc2cc(OC)c(OC)cc2C([2H])([2H])C1([2H])[2H]. The van der Waals surface area contributed by atoms with Gasteiger partial charge in [0.05, 0.1) is 38.9 Å². The molecule has 1 atom stereocenters. The van der Waals surface area contributed by atoms with Crippen molar-refractivity contribution < 1.29 is 38.8 Å². The number of carbonyl (C=O) groups is 1. The number of methoxy groups -OCH3 is 4. The fourth-order valence-electron chi connectivity index (χ4n) is 4.09. The van der Waals surface area contributed by atoms with Crippen LogP contribution in [0.4, 0.5) is 0 Å². The number of nitrogens with zero attached hydrogens (tertiary/aromatic N) is 2. The third kappa shape index (κ3) is 4.94. The first kappa shape index (κ1) is 13.8. The summed E-state index contributed by atoms with van der Waals surface area (Å²) in [6.07, 6.45) is -3.46. The van der Waals surface area contributed by atoms with Crippen LogP contribution in [0.5, 0.6) is 23.0 Å². The van der Waals surface area contributed by atoms with Crippen molar-refractivity contribution in [2.75, 3.05) is 61.5 Å². The van der Waals surface area contributed by atoms with Gasteiger partial charge in [0.2, 0.25) is 5.91 Å². The minimum Gasteiger partial charge on any atom is -0.493 e. The molecule has 7 heteroatoms. The van der Waals surface area contributed by atoms with Crippen LogP contribution in [-0.4, -0.2) is 77.2 Å². The number of benzene rings is 2. The normalized spacial score (nSPS) is 25.9. The van der Waals surface area contributed by atoms with Crippen LogP contribution in [0.15, 0.2) is 24.3 Å². The van der Waals surface area contributed by atoms with Crippen molar-refractivity contribution in [1.82, 2.24) is 9.80 Å². The van der Waals surface area contributed by atoms with Gasteiger partial charge in [0.15, 0.2) is 23.0 Å². The number of ether oxygens (including phenoxy) is 4. The Hall–Kier alpha value is -2.93. The maximum Gasteiger partial charge on any atom is 0.227 e. The lowest BCUT2D eigenvalue weighted by molar-refractivity contribution is -0.130. The summed E-state index contributed by atoms with van der Waals surface area (Å²) in [5.41, 5.74) is 1.22. The highest BCUT2D eigenvalue weighted by atomic mass is 16.5. The van der Waals surface area contributed by atoms with Gasteiger partial charge in [-0.15, -0.1) is 0 Å². The first-order chi connectivity index (χ1) is 20.6. The zero-order valence-electron chi connectivity index (χ0n) is 30.7. The largest absolute Gasteiger partial charge is 0.493 e. The lowest BCUT2D eigenvalue weighted by Crippen LogP contribution is -2.36. The molecule has 34 heavy (non-hydrogen) atoms. The van der Waals surface area contributed by atoms with E-state index in [-0.39, 0.29) is 47.0 Å². The summed E-state index contributed by atoms with van der Waals surface area (Å²) in [6, 6.07) is 5.66. The maximum absolute atomic E-state index is 13.4. The molecule has 4 rings (SSSR count). The molecule has 1 aliphatic carbocycles. The van der Waals surface area contributed by atoms with Crippen LogP contribution in [0.25, 0.3) is 0 Å². The van der Waals surface area contributed by atoms with Gasteiger partial charge in [-0.3, -0.25) is 4.79 Å². The predicted octanol–water partition coefficient (Wildman–Crippen LogP) is 3.31. The second-order valence-electron chi connectivity index (χ2n) is 7.98. The molecule has 0 N–H and O–H groups in total. The zero-order chi connectivity index (χ0) is 33.9. The Labute approximate surface area is 218 Å². The molecule has 1 heterocycles. The van der Waals surface area contributed by atoms with Crippen molar-refractivity contribution in [1.29, 1.82) is 0 Å². The highest BCUT2D eigenvalue weighted by Crippen LogP contribution is 2.42. The Kier molecular flexibility index (Phi) is 4.29. The van der Waals surface area contributed by atoms with Gasteiger partial charge < -0.3 is 28.7 Å². The van der Waals surface area contributed by atoms with Gasteiger partial charge in [-0.05, 0) is 79.3 Å². The Bertz CT molecular complexity index is 1470. The molecule has 7 nitrogen and oxygen atoms in total. The minimum atomic E-state index is -2.91. The molecule has 1 unspecified atom stereocenters. The van der Waals surface area contributed by atoms with E-state index in [4.69, 9.17) is 34.0 Å². The molecule has 0 spiro atoms. The number of rotatable bonds is 10. The number of carbonyl (C=O) groups excluding carboxylic acids is 1. The van der Waals surface area contributed by atoms with Crippen LogP contribution in [-0.2, 0) is 24.0 Å². The highest BCUT2D eigenvalue weighted by Gasteiger charge is 2.29. The topological polar surface area (TPSA) is 60.5 Å². The molecule has 0 aromatic heterocycles. The van der Waals surface area contributed by atoms with Crippen LogP contribution in [0.3, 0.4) is 0 Å². The quantitative estimate of drug-likeness (QED) is 0.521. The summed E-state index contributed by atoms with van der Waals surface area (Å²) in [4.78, 5) is 14.9. The van der Waals surface area contributed by atoms with Crippen LogP contribution in [0, 0.1) is 0 Å². The second-order valence-corrected chi connectivity index (χ2v) is 7.98. The number of fused-ring (bicyclic) bond motifs is 2. The fourth-order valence-corrected chi connectivity index (χ4v) is 4.09. The lowest BCUT2D eigenvalue weighted by Gasteiger charge is -2.34. The molecule has 2 aromatic carbocycles. The van der Waals surface area contributed by atoms with E-state index in [2.05, 4.69) is 0 Å². The third-order valence-electron chi connectivity index (χ3n) is 5.95. The van der Waals surface area contributed by atoms with Crippen molar-refractivity contribution >= 4 is 5.91 Å². The summed E-state index contributed by atoms with van der Waals surface area (Å²) in [5.74, 6) is -1.19. The van der Waals surface area contributed by atoms with E-state index in [1.807, 2.05) is 0 Å². The van der Waals surface area contributed by atoms with Gasteiger partial charge >= 0.3 is 0 Å². The molecular formula is C27H36N2O5. The van der Waals surface area contributed by atoms with E-state index in [9.17, 15) is 4.79 Å². The van der Waals surface area contributed by atoms with Crippen molar-refractivity contribution in [2.45, 2.75) is 31.6 Å². The minimum absolute atomic E-state index is 0.0976. The van der Waals surface area contributed by atoms with Gasteiger partial charge in [0.1, 0.15) is 0 Å².